The van der Waals surface area contributed by atoms with Crippen molar-refractivity contribution in [3.05, 3.63) is 52.4 Å². The van der Waals surface area contributed by atoms with E-state index in [9.17, 15) is 9.59 Å². The van der Waals surface area contributed by atoms with Crippen LogP contribution in [0.15, 0.2) is 46.5 Å². The molecule has 2 aromatic rings. The third-order valence-corrected chi connectivity index (χ3v) is 3.42. The van der Waals surface area contributed by atoms with Gasteiger partial charge in [0.25, 0.3) is 5.56 Å². The molecule has 1 amide bonds. The second-order valence-electron chi connectivity index (χ2n) is 4.16. The van der Waals surface area contributed by atoms with Crippen LogP contribution in [-0.2, 0) is 11.3 Å². The molecule has 20 heavy (non-hydrogen) atoms. The van der Waals surface area contributed by atoms with Crippen LogP contribution in [0.4, 0.5) is 0 Å². The van der Waals surface area contributed by atoms with Crippen molar-refractivity contribution in [2.24, 2.45) is 0 Å². The summed E-state index contributed by atoms with van der Waals surface area (Å²) in [6, 6.07) is 9.75. The largest absolute Gasteiger partial charge is 0.341 e. The van der Waals surface area contributed by atoms with Crippen molar-refractivity contribution in [1.82, 2.24) is 20.1 Å². The molecule has 0 saturated carbocycles. The van der Waals surface area contributed by atoms with Gasteiger partial charge in [-0.15, -0.1) is 5.10 Å². The molecular weight excluding hydrogens is 276 g/mol. The lowest BCUT2D eigenvalue weighted by molar-refractivity contribution is -0.127. The lowest BCUT2D eigenvalue weighted by atomic mass is 10.2. The number of aromatic amines is 1. The number of nitrogens with zero attached hydrogens (tertiary/aromatic N) is 3. The fourth-order valence-corrected chi connectivity index (χ4v) is 2.31. The lowest BCUT2D eigenvalue weighted by Gasteiger charge is -2.16. The summed E-state index contributed by atoms with van der Waals surface area (Å²) in [5.74, 6) is 0.170. The highest BCUT2D eigenvalue weighted by atomic mass is 32.2. The highest BCUT2D eigenvalue weighted by molar-refractivity contribution is 7.99. The van der Waals surface area contributed by atoms with Gasteiger partial charge in [0.1, 0.15) is 6.20 Å². The van der Waals surface area contributed by atoms with E-state index in [0.29, 0.717) is 11.7 Å². The number of rotatable bonds is 5. The Morgan fingerprint density at radius 1 is 1.35 bits per heavy atom. The van der Waals surface area contributed by atoms with Gasteiger partial charge < -0.3 is 4.90 Å². The van der Waals surface area contributed by atoms with E-state index in [1.807, 2.05) is 30.3 Å². The quantitative estimate of drug-likeness (QED) is 0.828. The molecule has 104 valence electrons. The van der Waals surface area contributed by atoms with Crippen LogP contribution in [0.25, 0.3) is 0 Å². The zero-order valence-electron chi connectivity index (χ0n) is 10.9. The Labute approximate surface area is 120 Å². The standard InChI is InChI=1S/C13H14N4O2S/c1-17(8-10-5-3-2-4-6-10)12(19)9-20-13-15-11(18)7-14-16-13/h2-7H,8-9H2,1H3,(H,15,16,18). The molecular formula is C13H14N4O2S. The summed E-state index contributed by atoms with van der Waals surface area (Å²) in [5, 5.41) is 7.62. The SMILES string of the molecule is CN(Cc1ccccc1)C(=O)CSc1nncc(=O)[nH]1. The Balaban J connectivity index is 1.87. The summed E-state index contributed by atoms with van der Waals surface area (Å²) >= 11 is 1.16. The molecule has 0 spiro atoms. The molecule has 0 unspecified atom stereocenters. The molecule has 0 radical (unpaired) electrons. The van der Waals surface area contributed by atoms with Crippen LogP contribution in [0.3, 0.4) is 0 Å². The molecule has 0 aliphatic carbocycles. The second kappa shape index (κ2) is 6.85. The number of carbonyl (C=O) groups is 1. The summed E-state index contributed by atoms with van der Waals surface area (Å²) in [6.07, 6.45) is 1.09. The lowest BCUT2D eigenvalue weighted by Crippen LogP contribution is -2.28. The van der Waals surface area contributed by atoms with Gasteiger partial charge in [-0.3, -0.25) is 14.6 Å². The van der Waals surface area contributed by atoms with E-state index in [2.05, 4.69) is 15.2 Å². The first kappa shape index (κ1) is 14.3. The first-order valence-corrected chi connectivity index (χ1v) is 6.96. The van der Waals surface area contributed by atoms with E-state index in [1.165, 1.54) is 0 Å². The fraction of sp³-hybridized carbons (Fsp3) is 0.231. The van der Waals surface area contributed by atoms with Crippen molar-refractivity contribution in [2.45, 2.75) is 11.7 Å². The number of thioether (sulfide) groups is 1. The molecule has 1 heterocycles. The molecule has 0 fully saturated rings. The Morgan fingerprint density at radius 3 is 2.80 bits per heavy atom. The zero-order chi connectivity index (χ0) is 14.4. The van der Waals surface area contributed by atoms with Crippen molar-refractivity contribution in [1.29, 1.82) is 0 Å². The molecule has 1 aromatic carbocycles. The van der Waals surface area contributed by atoms with Gasteiger partial charge >= 0.3 is 0 Å². The second-order valence-corrected chi connectivity index (χ2v) is 5.13. The predicted molar refractivity (Wildman–Crippen MR) is 76.3 cm³/mol. The van der Waals surface area contributed by atoms with Gasteiger partial charge in [0.05, 0.1) is 5.75 Å². The summed E-state index contributed by atoms with van der Waals surface area (Å²) in [4.78, 5) is 27.2. The Kier molecular flexibility index (Phi) is 4.89. The number of amides is 1. The molecule has 2 rings (SSSR count). The van der Waals surface area contributed by atoms with Crippen molar-refractivity contribution in [2.75, 3.05) is 12.8 Å². The molecule has 0 saturated heterocycles. The highest BCUT2D eigenvalue weighted by Crippen LogP contribution is 2.11. The van der Waals surface area contributed by atoms with Crippen LogP contribution in [0, 0.1) is 0 Å². The third-order valence-electron chi connectivity index (χ3n) is 2.57. The topological polar surface area (TPSA) is 79.0 Å². The molecule has 1 aromatic heterocycles. The first-order valence-electron chi connectivity index (χ1n) is 5.98. The van der Waals surface area contributed by atoms with Crippen molar-refractivity contribution >= 4 is 17.7 Å². The maximum Gasteiger partial charge on any atom is 0.270 e. The van der Waals surface area contributed by atoms with E-state index >= 15 is 0 Å². The van der Waals surface area contributed by atoms with Crippen LogP contribution in [-0.4, -0.2) is 38.8 Å². The number of H-pyrrole nitrogens is 1. The third kappa shape index (κ3) is 4.20. The van der Waals surface area contributed by atoms with Crippen molar-refractivity contribution in [3.63, 3.8) is 0 Å². The molecule has 0 atom stereocenters. The van der Waals surface area contributed by atoms with Crippen LogP contribution < -0.4 is 5.56 Å². The number of hydrogen-bond donors (Lipinski definition) is 1. The maximum absolute atomic E-state index is 12.0. The minimum absolute atomic E-state index is 0.0367. The fourth-order valence-electron chi connectivity index (χ4n) is 1.55. The molecule has 6 nitrogen and oxygen atoms in total. The maximum atomic E-state index is 12.0. The van der Waals surface area contributed by atoms with Gasteiger partial charge in [0.2, 0.25) is 5.91 Å². The van der Waals surface area contributed by atoms with E-state index in [-0.39, 0.29) is 17.2 Å². The molecule has 1 N–H and O–H groups in total. The number of aromatic nitrogens is 3. The van der Waals surface area contributed by atoms with Gasteiger partial charge in [-0.05, 0) is 5.56 Å². The smallest absolute Gasteiger partial charge is 0.270 e. The van der Waals surface area contributed by atoms with Crippen LogP contribution in [0.1, 0.15) is 5.56 Å². The minimum Gasteiger partial charge on any atom is -0.341 e. The predicted octanol–water partition coefficient (Wildman–Crippen LogP) is 0.916. The number of benzene rings is 1. The van der Waals surface area contributed by atoms with Gasteiger partial charge in [0, 0.05) is 13.6 Å². The van der Waals surface area contributed by atoms with Gasteiger partial charge in [-0.1, -0.05) is 42.1 Å². The normalized spacial score (nSPS) is 10.2. The monoisotopic (exact) mass is 290 g/mol. The summed E-state index contributed by atoms with van der Waals surface area (Å²) in [6.45, 7) is 0.553. The molecule has 0 aliphatic rings. The van der Waals surface area contributed by atoms with Gasteiger partial charge in [-0.25, -0.2) is 0 Å². The van der Waals surface area contributed by atoms with E-state index in [0.717, 1.165) is 23.5 Å². The number of hydrogen-bond acceptors (Lipinski definition) is 5. The van der Waals surface area contributed by atoms with E-state index < -0.39 is 0 Å². The minimum atomic E-state index is -0.326. The molecule has 7 heteroatoms. The average molecular weight is 290 g/mol. The van der Waals surface area contributed by atoms with Crippen molar-refractivity contribution < 1.29 is 4.79 Å². The van der Waals surface area contributed by atoms with Gasteiger partial charge in [-0.2, -0.15) is 5.10 Å². The van der Waals surface area contributed by atoms with E-state index in [1.54, 1.807) is 11.9 Å². The Morgan fingerprint density at radius 2 is 2.10 bits per heavy atom. The van der Waals surface area contributed by atoms with Crippen molar-refractivity contribution in [3.8, 4) is 0 Å². The van der Waals surface area contributed by atoms with Crippen LogP contribution in [0.5, 0.6) is 0 Å². The number of carbonyl (C=O) groups excluding carboxylic acids is 1. The summed E-state index contributed by atoms with van der Waals surface area (Å²) < 4.78 is 0. The van der Waals surface area contributed by atoms with Gasteiger partial charge in [0.15, 0.2) is 5.16 Å². The number of nitrogens with one attached hydrogen (secondary N) is 1. The molecule has 0 bridgehead atoms. The van der Waals surface area contributed by atoms with Crippen LogP contribution in [0.2, 0.25) is 0 Å². The first-order chi connectivity index (χ1) is 9.65. The zero-order valence-corrected chi connectivity index (χ0v) is 11.8. The Bertz CT molecular complexity index is 630. The summed E-state index contributed by atoms with van der Waals surface area (Å²) in [7, 11) is 1.75. The average Bonchev–Trinajstić information content (AvgIpc) is 2.46. The van der Waals surface area contributed by atoms with Crippen LogP contribution >= 0.6 is 11.8 Å². The summed E-state index contributed by atoms with van der Waals surface area (Å²) in [5.41, 5.74) is 0.744. The highest BCUT2D eigenvalue weighted by Gasteiger charge is 2.10. The molecule has 0 aliphatic heterocycles. The van der Waals surface area contributed by atoms with E-state index in [4.69, 9.17) is 0 Å². The Hall–Kier alpha value is -2.15.